The number of carbonyl (C=O) groups excluding carboxylic acids is 1. The fourth-order valence-corrected chi connectivity index (χ4v) is 5.44. The monoisotopic (exact) mass is 385 g/mol. The van der Waals surface area contributed by atoms with Gasteiger partial charge in [0.15, 0.2) is 5.13 Å². The third-order valence-corrected chi connectivity index (χ3v) is 7.09. The quantitative estimate of drug-likeness (QED) is 0.624. The third kappa shape index (κ3) is 3.62. The molecule has 1 amide bonds. The summed E-state index contributed by atoms with van der Waals surface area (Å²) in [6.07, 6.45) is 3.81. The number of amides is 1. The molecular formula is C20H23N3OS2. The summed E-state index contributed by atoms with van der Waals surface area (Å²) in [6.45, 7) is 6.50. The highest BCUT2D eigenvalue weighted by atomic mass is 32.2. The van der Waals surface area contributed by atoms with E-state index in [1.807, 2.05) is 24.3 Å². The molecule has 26 heavy (non-hydrogen) atoms. The van der Waals surface area contributed by atoms with E-state index in [1.165, 1.54) is 36.2 Å². The number of aromatic nitrogens is 1. The summed E-state index contributed by atoms with van der Waals surface area (Å²) in [6, 6.07) is 9.99. The van der Waals surface area contributed by atoms with E-state index in [0.717, 1.165) is 38.3 Å². The van der Waals surface area contributed by atoms with Gasteiger partial charge in [-0.3, -0.25) is 4.79 Å². The van der Waals surface area contributed by atoms with Crippen LogP contribution in [0, 0.1) is 0 Å². The number of hydrogen-bond acceptors (Lipinski definition) is 5. The minimum atomic E-state index is -0.0550. The first kappa shape index (κ1) is 17.5. The van der Waals surface area contributed by atoms with Crippen LogP contribution in [0.5, 0.6) is 0 Å². The van der Waals surface area contributed by atoms with Crippen LogP contribution in [0.3, 0.4) is 0 Å². The normalized spacial score (nSPS) is 15.0. The summed E-state index contributed by atoms with van der Waals surface area (Å²) >= 11 is 3.25. The third-order valence-electron chi connectivity index (χ3n) is 4.74. The van der Waals surface area contributed by atoms with Gasteiger partial charge in [-0.1, -0.05) is 37.3 Å². The molecule has 1 saturated heterocycles. The Morgan fingerprint density at radius 1 is 1.15 bits per heavy atom. The maximum Gasteiger partial charge on any atom is 0.265 e. The van der Waals surface area contributed by atoms with Crippen molar-refractivity contribution in [3.8, 4) is 0 Å². The van der Waals surface area contributed by atoms with Crippen LogP contribution < -0.4 is 10.2 Å². The van der Waals surface area contributed by atoms with Crippen LogP contribution in [0.4, 0.5) is 10.8 Å². The van der Waals surface area contributed by atoms with Gasteiger partial charge < -0.3 is 10.2 Å². The topological polar surface area (TPSA) is 45.2 Å². The Labute approximate surface area is 161 Å². The fourth-order valence-electron chi connectivity index (χ4n) is 3.23. The van der Waals surface area contributed by atoms with Gasteiger partial charge in [0.25, 0.3) is 5.91 Å². The van der Waals surface area contributed by atoms with Gasteiger partial charge in [0.1, 0.15) is 4.01 Å². The SMILES string of the molecule is CC(C)c1cccc(NC(=O)c2cc3nc(N4CCCCC4)sc3s2)c1. The number of benzene rings is 1. The van der Waals surface area contributed by atoms with E-state index in [9.17, 15) is 4.79 Å². The lowest BCUT2D eigenvalue weighted by Crippen LogP contribution is -2.29. The molecule has 4 nitrogen and oxygen atoms in total. The van der Waals surface area contributed by atoms with Gasteiger partial charge in [-0.2, -0.15) is 0 Å². The van der Waals surface area contributed by atoms with E-state index in [1.54, 1.807) is 11.3 Å². The van der Waals surface area contributed by atoms with Crippen molar-refractivity contribution in [3.05, 3.63) is 40.8 Å². The Kier molecular flexibility index (Phi) is 4.96. The molecule has 0 spiro atoms. The van der Waals surface area contributed by atoms with E-state index in [-0.39, 0.29) is 5.91 Å². The van der Waals surface area contributed by atoms with Gasteiger partial charge in [-0.05, 0) is 48.9 Å². The van der Waals surface area contributed by atoms with Crippen LogP contribution >= 0.6 is 22.7 Å². The molecule has 1 aliphatic rings. The van der Waals surface area contributed by atoms with Crippen molar-refractivity contribution in [2.45, 2.75) is 39.0 Å². The van der Waals surface area contributed by atoms with Gasteiger partial charge in [-0.15, -0.1) is 11.3 Å². The van der Waals surface area contributed by atoms with Crippen LogP contribution in [0.2, 0.25) is 0 Å². The molecule has 1 aliphatic heterocycles. The van der Waals surface area contributed by atoms with Crippen molar-refractivity contribution in [3.63, 3.8) is 0 Å². The van der Waals surface area contributed by atoms with Gasteiger partial charge in [-0.25, -0.2) is 4.98 Å². The summed E-state index contributed by atoms with van der Waals surface area (Å²) in [5.74, 6) is 0.386. The number of nitrogens with zero attached hydrogens (tertiary/aromatic N) is 2. The molecule has 2 aromatic heterocycles. The van der Waals surface area contributed by atoms with Crippen LogP contribution in [0.15, 0.2) is 30.3 Å². The number of thiophene rings is 1. The van der Waals surface area contributed by atoms with Crippen molar-refractivity contribution in [1.82, 2.24) is 4.98 Å². The average Bonchev–Trinajstić information content (AvgIpc) is 3.22. The predicted molar refractivity (Wildman–Crippen MR) is 112 cm³/mol. The minimum absolute atomic E-state index is 0.0550. The smallest absolute Gasteiger partial charge is 0.265 e. The zero-order chi connectivity index (χ0) is 18.1. The van der Waals surface area contributed by atoms with Crippen molar-refractivity contribution < 1.29 is 4.79 Å². The molecule has 1 fully saturated rings. The summed E-state index contributed by atoms with van der Waals surface area (Å²) in [5.41, 5.74) is 3.02. The maximum atomic E-state index is 12.6. The number of carbonyl (C=O) groups is 1. The predicted octanol–water partition coefficient (Wildman–Crippen LogP) is 5.72. The van der Waals surface area contributed by atoms with Crippen molar-refractivity contribution in [1.29, 1.82) is 0 Å². The molecule has 4 rings (SSSR count). The number of piperidine rings is 1. The maximum absolute atomic E-state index is 12.6. The Balaban J connectivity index is 1.50. The highest BCUT2D eigenvalue weighted by molar-refractivity contribution is 7.40. The van der Waals surface area contributed by atoms with Gasteiger partial charge in [0, 0.05) is 18.8 Å². The standard InChI is InChI=1S/C20H23N3OS2/c1-13(2)14-7-6-8-15(11-14)21-18(24)17-12-16-19(25-17)26-20(22-16)23-9-4-3-5-10-23/h6-8,11-13H,3-5,9-10H2,1-2H3,(H,21,24). The molecule has 0 aliphatic carbocycles. The molecule has 0 unspecified atom stereocenters. The van der Waals surface area contributed by atoms with E-state index < -0.39 is 0 Å². The average molecular weight is 386 g/mol. The number of hydrogen-bond donors (Lipinski definition) is 1. The van der Waals surface area contributed by atoms with E-state index >= 15 is 0 Å². The summed E-state index contributed by atoms with van der Waals surface area (Å²) in [4.78, 5) is 20.5. The lowest BCUT2D eigenvalue weighted by Gasteiger charge is -2.25. The highest BCUT2D eigenvalue weighted by Crippen LogP contribution is 2.36. The molecule has 6 heteroatoms. The Morgan fingerprint density at radius 3 is 2.69 bits per heavy atom. The first-order valence-electron chi connectivity index (χ1n) is 9.17. The highest BCUT2D eigenvalue weighted by Gasteiger charge is 2.18. The Bertz CT molecular complexity index is 891. The molecule has 1 N–H and O–H groups in total. The number of nitrogens with one attached hydrogen (secondary N) is 1. The number of rotatable bonds is 4. The lowest BCUT2D eigenvalue weighted by atomic mass is 10.0. The van der Waals surface area contributed by atoms with E-state index in [0.29, 0.717) is 5.92 Å². The second-order valence-electron chi connectivity index (χ2n) is 7.06. The van der Waals surface area contributed by atoms with Crippen molar-refractivity contribution in [2.75, 3.05) is 23.3 Å². The Morgan fingerprint density at radius 2 is 1.96 bits per heavy atom. The minimum Gasteiger partial charge on any atom is -0.348 e. The molecule has 0 saturated carbocycles. The van der Waals surface area contributed by atoms with Crippen LogP contribution in [-0.2, 0) is 0 Å². The van der Waals surface area contributed by atoms with Gasteiger partial charge in [0.2, 0.25) is 0 Å². The molecule has 0 atom stereocenters. The molecular weight excluding hydrogens is 362 g/mol. The number of fused-ring (bicyclic) bond motifs is 1. The molecule has 1 aromatic carbocycles. The number of thiazole rings is 1. The zero-order valence-electron chi connectivity index (χ0n) is 15.1. The zero-order valence-corrected chi connectivity index (χ0v) is 16.8. The molecule has 3 aromatic rings. The van der Waals surface area contributed by atoms with Crippen molar-refractivity contribution in [2.24, 2.45) is 0 Å². The molecule has 0 radical (unpaired) electrons. The van der Waals surface area contributed by atoms with Crippen LogP contribution in [0.1, 0.15) is 54.3 Å². The molecule has 136 valence electrons. The first-order valence-corrected chi connectivity index (χ1v) is 10.8. The summed E-state index contributed by atoms with van der Waals surface area (Å²) in [5, 5.41) is 4.12. The number of anilines is 2. The van der Waals surface area contributed by atoms with Gasteiger partial charge >= 0.3 is 0 Å². The van der Waals surface area contributed by atoms with Gasteiger partial charge in [0.05, 0.1) is 10.4 Å². The fraction of sp³-hybridized carbons (Fsp3) is 0.400. The largest absolute Gasteiger partial charge is 0.348 e. The summed E-state index contributed by atoms with van der Waals surface area (Å²) in [7, 11) is 0. The van der Waals surface area contributed by atoms with Crippen molar-refractivity contribution >= 4 is 48.9 Å². The van der Waals surface area contributed by atoms with E-state index in [4.69, 9.17) is 4.98 Å². The molecule has 3 heterocycles. The molecule has 0 bridgehead atoms. The second kappa shape index (κ2) is 7.37. The first-order chi connectivity index (χ1) is 12.6. The van der Waals surface area contributed by atoms with E-state index in [2.05, 4.69) is 30.1 Å². The lowest BCUT2D eigenvalue weighted by molar-refractivity contribution is 0.103. The Hall–Kier alpha value is -1.92. The van der Waals surface area contributed by atoms with Crippen LogP contribution in [0.25, 0.3) is 9.53 Å². The van der Waals surface area contributed by atoms with Crippen LogP contribution in [-0.4, -0.2) is 24.0 Å². The second-order valence-corrected chi connectivity index (χ2v) is 9.35. The summed E-state index contributed by atoms with van der Waals surface area (Å²) < 4.78 is 1.13.